The van der Waals surface area contributed by atoms with Gasteiger partial charge in [-0.05, 0) is 66.8 Å². The van der Waals surface area contributed by atoms with Crippen molar-refractivity contribution in [3.8, 4) is 11.5 Å². The predicted molar refractivity (Wildman–Crippen MR) is 123 cm³/mol. The Labute approximate surface area is 182 Å². The van der Waals surface area contributed by atoms with Crippen LogP contribution in [0.3, 0.4) is 0 Å². The van der Waals surface area contributed by atoms with E-state index >= 15 is 0 Å². The number of rotatable bonds is 6. The Kier molecular flexibility index (Phi) is 7.17. The molecule has 0 aliphatic heterocycles. The Hall–Kier alpha value is -3.92. The largest absolute Gasteiger partial charge is 0.423 e. The molecule has 156 valence electrons. The van der Waals surface area contributed by atoms with Crippen LogP contribution in [0.2, 0.25) is 0 Å². The van der Waals surface area contributed by atoms with Gasteiger partial charge in [0, 0.05) is 12.2 Å². The number of hydrogen-bond donors (Lipinski definition) is 0. The van der Waals surface area contributed by atoms with Crippen molar-refractivity contribution in [2.75, 3.05) is 0 Å². The fraction of sp³-hybridized carbons (Fsp3) is 0.111. The van der Waals surface area contributed by atoms with Crippen LogP contribution in [0.4, 0.5) is 0 Å². The summed E-state index contributed by atoms with van der Waals surface area (Å²) in [4.78, 5) is 24.5. The molecule has 0 amide bonds. The number of hydrogen-bond acceptors (Lipinski definition) is 4. The van der Waals surface area contributed by atoms with E-state index in [0.29, 0.717) is 17.1 Å². The molecule has 0 heterocycles. The quantitative estimate of drug-likeness (QED) is 0.290. The summed E-state index contributed by atoms with van der Waals surface area (Å²) in [6, 6.07) is 20.7. The molecule has 3 aromatic rings. The second-order valence-corrected chi connectivity index (χ2v) is 7.10. The van der Waals surface area contributed by atoms with E-state index in [9.17, 15) is 9.59 Å². The van der Waals surface area contributed by atoms with Gasteiger partial charge in [0.25, 0.3) is 0 Å². The molecule has 0 radical (unpaired) electrons. The molecule has 0 aliphatic carbocycles. The van der Waals surface area contributed by atoms with Gasteiger partial charge < -0.3 is 9.47 Å². The number of carbonyl (C=O) groups is 2. The molecule has 0 bridgehead atoms. The molecule has 3 rings (SSSR count). The summed E-state index contributed by atoms with van der Waals surface area (Å²) < 4.78 is 11.1. The maximum Gasteiger partial charge on any atom is 0.336 e. The van der Waals surface area contributed by atoms with Gasteiger partial charge in [0.15, 0.2) is 0 Å². The Morgan fingerprint density at radius 1 is 0.677 bits per heavy atom. The van der Waals surface area contributed by atoms with Crippen LogP contribution < -0.4 is 9.47 Å². The van der Waals surface area contributed by atoms with Crippen LogP contribution in [0.15, 0.2) is 78.9 Å². The van der Waals surface area contributed by atoms with E-state index in [0.717, 1.165) is 22.3 Å². The minimum absolute atomic E-state index is 0.442. The van der Waals surface area contributed by atoms with Crippen molar-refractivity contribution in [1.82, 2.24) is 0 Å². The molecular formula is C27H24O4. The molecule has 31 heavy (non-hydrogen) atoms. The maximum atomic E-state index is 12.3. The van der Waals surface area contributed by atoms with Crippen molar-refractivity contribution in [1.29, 1.82) is 0 Å². The lowest BCUT2D eigenvalue weighted by atomic mass is 10.0. The molecule has 0 fully saturated rings. The van der Waals surface area contributed by atoms with Crippen molar-refractivity contribution in [3.63, 3.8) is 0 Å². The van der Waals surface area contributed by atoms with Crippen LogP contribution in [0.25, 0.3) is 12.2 Å². The topological polar surface area (TPSA) is 52.6 Å². The van der Waals surface area contributed by atoms with E-state index in [4.69, 9.17) is 9.47 Å². The fourth-order valence-electron chi connectivity index (χ4n) is 3.02. The summed E-state index contributed by atoms with van der Waals surface area (Å²) in [6.45, 7) is 5.48. The maximum absolute atomic E-state index is 12.3. The zero-order valence-electron chi connectivity index (χ0n) is 17.8. The van der Waals surface area contributed by atoms with Crippen LogP contribution in [0.1, 0.15) is 27.8 Å². The van der Waals surface area contributed by atoms with Gasteiger partial charge in [-0.1, -0.05) is 60.7 Å². The Bertz CT molecular complexity index is 1130. The Morgan fingerprint density at radius 2 is 1.16 bits per heavy atom. The van der Waals surface area contributed by atoms with Crippen molar-refractivity contribution < 1.29 is 19.1 Å². The highest BCUT2D eigenvalue weighted by Crippen LogP contribution is 2.33. The smallest absolute Gasteiger partial charge is 0.336 e. The molecule has 4 nitrogen and oxygen atoms in total. The first kappa shape index (κ1) is 21.8. The minimum atomic E-state index is -0.471. The SMILES string of the molecule is Cc1cc(OC(=O)C=Cc2ccccc2)c(C)c(C)c1OC(=O)C=Cc1ccccc1. The first-order valence-electron chi connectivity index (χ1n) is 9.94. The van der Waals surface area contributed by atoms with Gasteiger partial charge in [0.1, 0.15) is 11.5 Å². The highest BCUT2D eigenvalue weighted by atomic mass is 16.5. The minimum Gasteiger partial charge on any atom is -0.423 e. The third kappa shape index (κ3) is 6.03. The van der Waals surface area contributed by atoms with E-state index in [1.54, 1.807) is 18.2 Å². The van der Waals surface area contributed by atoms with Gasteiger partial charge in [0.2, 0.25) is 0 Å². The zero-order valence-corrected chi connectivity index (χ0v) is 17.8. The molecule has 0 saturated carbocycles. The summed E-state index contributed by atoms with van der Waals surface area (Å²) in [5, 5.41) is 0. The Morgan fingerprint density at radius 3 is 1.68 bits per heavy atom. The summed E-state index contributed by atoms with van der Waals surface area (Å²) in [5.74, 6) is -0.0246. The van der Waals surface area contributed by atoms with Crippen molar-refractivity contribution in [2.45, 2.75) is 20.8 Å². The first-order chi connectivity index (χ1) is 14.9. The zero-order chi connectivity index (χ0) is 22.2. The Balaban J connectivity index is 1.71. The summed E-state index contributed by atoms with van der Waals surface area (Å²) >= 11 is 0. The normalized spacial score (nSPS) is 11.1. The van der Waals surface area contributed by atoms with Gasteiger partial charge in [-0.25, -0.2) is 9.59 Å². The molecule has 0 aliphatic rings. The first-order valence-corrected chi connectivity index (χ1v) is 9.94. The molecule has 0 saturated heterocycles. The van der Waals surface area contributed by atoms with Crippen LogP contribution in [0, 0.1) is 20.8 Å². The van der Waals surface area contributed by atoms with Crippen LogP contribution >= 0.6 is 0 Å². The number of carbonyl (C=O) groups excluding carboxylic acids is 2. The van der Waals surface area contributed by atoms with Crippen LogP contribution in [0.5, 0.6) is 11.5 Å². The third-order valence-electron chi connectivity index (χ3n) is 4.81. The van der Waals surface area contributed by atoms with Crippen molar-refractivity contribution >= 4 is 24.1 Å². The molecule has 0 unspecified atom stereocenters. The van der Waals surface area contributed by atoms with Gasteiger partial charge >= 0.3 is 11.9 Å². The molecule has 0 aromatic heterocycles. The predicted octanol–water partition coefficient (Wildman–Crippen LogP) is 5.85. The summed E-state index contributed by atoms with van der Waals surface area (Å²) in [5.41, 5.74) is 4.02. The highest BCUT2D eigenvalue weighted by Gasteiger charge is 2.16. The van der Waals surface area contributed by atoms with E-state index in [1.807, 2.05) is 81.4 Å². The lowest BCUT2D eigenvalue weighted by Crippen LogP contribution is -2.10. The lowest BCUT2D eigenvalue weighted by molar-refractivity contribution is -0.130. The number of esters is 2. The fourth-order valence-corrected chi connectivity index (χ4v) is 3.02. The van der Waals surface area contributed by atoms with E-state index in [1.165, 1.54) is 12.2 Å². The van der Waals surface area contributed by atoms with E-state index in [2.05, 4.69) is 0 Å². The van der Waals surface area contributed by atoms with Crippen molar-refractivity contribution in [2.24, 2.45) is 0 Å². The third-order valence-corrected chi connectivity index (χ3v) is 4.81. The van der Waals surface area contributed by atoms with Crippen LogP contribution in [-0.4, -0.2) is 11.9 Å². The molecule has 0 atom stereocenters. The number of aryl methyl sites for hydroxylation is 1. The highest BCUT2D eigenvalue weighted by molar-refractivity contribution is 5.90. The number of benzene rings is 3. The standard InChI is InChI=1S/C27H24O4/c1-19-18-24(30-25(28)16-14-22-10-6-4-7-11-22)20(2)21(3)27(19)31-26(29)17-15-23-12-8-5-9-13-23/h4-18H,1-3H3. The molecular weight excluding hydrogens is 388 g/mol. The monoisotopic (exact) mass is 412 g/mol. The molecule has 0 spiro atoms. The van der Waals surface area contributed by atoms with Crippen molar-refractivity contribution in [3.05, 3.63) is 107 Å². The summed E-state index contributed by atoms with van der Waals surface area (Å²) in [7, 11) is 0. The second-order valence-electron chi connectivity index (χ2n) is 7.10. The summed E-state index contributed by atoms with van der Waals surface area (Å²) in [6.07, 6.45) is 6.19. The average Bonchev–Trinajstić information content (AvgIpc) is 2.79. The van der Waals surface area contributed by atoms with Crippen LogP contribution in [-0.2, 0) is 9.59 Å². The van der Waals surface area contributed by atoms with E-state index in [-0.39, 0.29) is 0 Å². The molecule has 4 heteroatoms. The van der Waals surface area contributed by atoms with E-state index < -0.39 is 11.9 Å². The second kappa shape index (κ2) is 10.2. The van der Waals surface area contributed by atoms with Gasteiger partial charge in [-0.15, -0.1) is 0 Å². The number of ether oxygens (including phenoxy) is 2. The average molecular weight is 412 g/mol. The molecule has 3 aromatic carbocycles. The lowest BCUT2D eigenvalue weighted by Gasteiger charge is -2.15. The van der Waals surface area contributed by atoms with Gasteiger partial charge in [-0.2, -0.15) is 0 Å². The van der Waals surface area contributed by atoms with Gasteiger partial charge in [0.05, 0.1) is 0 Å². The van der Waals surface area contributed by atoms with Gasteiger partial charge in [-0.3, -0.25) is 0 Å². The molecule has 0 N–H and O–H groups in total.